The Balaban J connectivity index is 1.50. The van der Waals surface area contributed by atoms with Gasteiger partial charge >= 0.3 is 0 Å². The van der Waals surface area contributed by atoms with Gasteiger partial charge in [0, 0.05) is 6.54 Å². The molecule has 0 radical (unpaired) electrons. The van der Waals surface area contributed by atoms with Crippen molar-refractivity contribution >= 4 is 17.7 Å². The van der Waals surface area contributed by atoms with Crippen LogP contribution >= 0.6 is 11.8 Å². The van der Waals surface area contributed by atoms with Crippen molar-refractivity contribution in [1.82, 2.24) is 15.5 Å². The molecule has 6 nitrogen and oxygen atoms in total. The lowest BCUT2D eigenvalue weighted by atomic mass is 10.1. The summed E-state index contributed by atoms with van der Waals surface area (Å²) in [4.78, 5) is 12.3. The number of amides is 1. The fourth-order valence-corrected chi connectivity index (χ4v) is 3.24. The Bertz CT molecular complexity index is 907. The van der Waals surface area contributed by atoms with E-state index in [4.69, 9.17) is 9.15 Å². The molecule has 0 saturated heterocycles. The van der Waals surface area contributed by atoms with Gasteiger partial charge in [0.1, 0.15) is 5.75 Å². The van der Waals surface area contributed by atoms with Crippen molar-refractivity contribution in [1.29, 1.82) is 0 Å². The zero-order chi connectivity index (χ0) is 19.9. The van der Waals surface area contributed by atoms with Crippen LogP contribution < -0.4 is 10.1 Å². The first-order valence-corrected chi connectivity index (χ1v) is 9.86. The highest BCUT2D eigenvalue weighted by Gasteiger charge is 2.18. The van der Waals surface area contributed by atoms with Crippen LogP contribution in [0, 0.1) is 6.92 Å². The van der Waals surface area contributed by atoms with E-state index in [1.807, 2.05) is 62.4 Å². The molecular weight excluding hydrogens is 374 g/mol. The average Bonchev–Trinajstić information content (AvgIpc) is 3.14. The Morgan fingerprint density at radius 2 is 1.79 bits per heavy atom. The molecule has 0 spiro atoms. The maximum Gasteiger partial charge on any atom is 0.277 e. The number of thioether (sulfide) groups is 1. The third kappa shape index (κ3) is 5.60. The number of hydrogen-bond acceptors (Lipinski definition) is 6. The van der Waals surface area contributed by atoms with Crippen LogP contribution in [-0.2, 0) is 17.8 Å². The van der Waals surface area contributed by atoms with Crippen LogP contribution in [-0.4, -0.2) is 28.5 Å². The summed E-state index contributed by atoms with van der Waals surface area (Å²) >= 11 is 1.25. The Labute approximate surface area is 168 Å². The van der Waals surface area contributed by atoms with Gasteiger partial charge in [-0.05, 0) is 37.1 Å². The van der Waals surface area contributed by atoms with Crippen molar-refractivity contribution in [2.75, 3.05) is 7.11 Å². The number of carbonyl (C=O) groups is 1. The van der Waals surface area contributed by atoms with Crippen LogP contribution in [0.4, 0.5) is 0 Å². The highest BCUT2D eigenvalue weighted by Crippen LogP contribution is 2.23. The van der Waals surface area contributed by atoms with Gasteiger partial charge in [-0.3, -0.25) is 4.79 Å². The summed E-state index contributed by atoms with van der Waals surface area (Å²) in [6.45, 7) is 4.35. The van der Waals surface area contributed by atoms with Crippen molar-refractivity contribution in [2.24, 2.45) is 0 Å². The van der Waals surface area contributed by atoms with Crippen LogP contribution in [0.5, 0.6) is 5.75 Å². The molecule has 1 unspecified atom stereocenters. The summed E-state index contributed by atoms with van der Waals surface area (Å²) < 4.78 is 10.8. The summed E-state index contributed by atoms with van der Waals surface area (Å²) in [6.07, 6.45) is 0.533. The molecule has 1 amide bonds. The SMILES string of the molecule is COc1ccc(Cc2nnc(SC(C)C(=O)NCc3ccc(C)cc3)o2)cc1. The second-order valence-corrected chi connectivity index (χ2v) is 7.74. The van der Waals surface area contributed by atoms with Crippen LogP contribution in [0.15, 0.2) is 58.2 Å². The maximum absolute atomic E-state index is 12.3. The zero-order valence-electron chi connectivity index (χ0n) is 16.1. The van der Waals surface area contributed by atoms with Gasteiger partial charge in [0.05, 0.1) is 18.8 Å². The van der Waals surface area contributed by atoms with Gasteiger partial charge in [0.2, 0.25) is 11.8 Å². The second-order valence-electron chi connectivity index (χ2n) is 6.45. The number of carbonyl (C=O) groups excluding carboxylic acids is 1. The first kappa shape index (κ1) is 19.9. The molecule has 0 saturated carbocycles. The lowest BCUT2D eigenvalue weighted by molar-refractivity contribution is -0.120. The number of aryl methyl sites for hydroxylation is 1. The van der Waals surface area contributed by atoms with Gasteiger partial charge in [-0.25, -0.2) is 0 Å². The molecule has 1 heterocycles. The minimum absolute atomic E-state index is 0.0690. The topological polar surface area (TPSA) is 77.2 Å². The highest BCUT2D eigenvalue weighted by molar-refractivity contribution is 8.00. The number of nitrogens with one attached hydrogen (secondary N) is 1. The number of ether oxygens (including phenoxy) is 1. The molecule has 7 heteroatoms. The number of nitrogens with zero attached hydrogens (tertiary/aromatic N) is 2. The van der Waals surface area contributed by atoms with E-state index >= 15 is 0 Å². The standard InChI is InChI=1S/C21H23N3O3S/c1-14-4-6-17(7-5-14)13-22-20(25)15(2)28-21-24-23-19(27-21)12-16-8-10-18(26-3)11-9-16/h4-11,15H,12-13H2,1-3H3,(H,22,25). The molecule has 3 rings (SSSR count). The number of aromatic nitrogens is 2. The van der Waals surface area contributed by atoms with Crippen molar-refractivity contribution in [3.63, 3.8) is 0 Å². The average molecular weight is 398 g/mol. The quantitative estimate of drug-likeness (QED) is 0.583. The van der Waals surface area contributed by atoms with Crippen molar-refractivity contribution in [2.45, 2.75) is 37.3 Å². The first-order valence-electron chi connectivity index (χ1n) is 8.98. The minimum Gasteiger partial charge on any atom is -0.497 e. The van der Waals surface area contributed by atoms with Crippen molar-refractivity contribution < 1.29 is 13.9 Å². The molecule has 146 valence electrons. The van der Waals surface area contributed by atoms with Gasteiger partial charge < -0.3 is 14.5 Å². The fourth-order valence-electron chi connectivity index (χ4n) is 2.52. The van der Waals surface area contributed by atoms with Crippen molar-refractivity contribution in [3.05, 3.63) is 71.1 Å². The number of rotatable bonds is 8. The first-order chi connectivity index (χ1) is 13.5. The fraction of sp³-hybridized carbons (Fsp3) is 0.286. The van der Waals surface area contributed by atoms with E-state index in [1.165, 1.54) is 17.3 Å². The third-order valence-corrected chi connectivity index (χ3v) is 5.13. The number of hydrogen-bond donors (Lipinski definition) is 1. The lowest BCUT2D eigenvalue weighted by Crippen LogP contribution is -2.30. The van der Waals surface area contributed by atoms with Gasteiger partial charge in [-0.1, -0.05) is 53.7 Å². The second kappa shape index (κ2) is 9.41. The van der Waals surface area contributed by atoms with Gasteiger partial charge in [-0.2, -0.15) is 0 Å². The number of methoxy groups -OCH3 is 1. The predicted octanol–water partition coefficient (Wildman–Crippen LogP) is 3.77. The van der Waals surface area contributed by atoms with Gasteiger partial charge in [-0.15, -0.1) is 10.2 Å². The predicted molar refractivity (Wildman–Crippen MR) is 108 cm³/mol. The van der Waals surface area contributed by atoms with E-state index in [2.05, 4.69) is 15.5 Å². The molecule has 3 aromatic rings. The van der Waals surface area contributed by atoms with Crippen LogP contribution in [0.25, 0.3) is 0 Å². The van der Waals surface area contributed by atoms with Crippen LogP contribution in [0.1, 0.15) is 29.5 Å². The highest BCUT2D eigenvalue weighted by atomic mass is 32.2. The maximum atomic E-state index is 12.3. The number of benzene rings is 2. The molecule has 1 aromatic heterocycles. The van der Waals surface area contributed by atoms with Crippen molar-refractivity contribution in [3.8, 4) is 5.75 Å². The Kier molecular flexibility index (Phi) is 6.71. The molecule has 0 bridgehead atoms. The molecule has 28 heavy (non-hydrogen) atoms. The molecule has 0 aliphatic rings. The Hall–Kier alpha value is -2.80. The van der Waals surface area contributed by atoms with E-state index in [1.54, 1.807) is 7.11 Å². The molecule has 0 aliphatic heterocycles. The smallest absolute Gasteiger partial charge is 0.277 e. The molecule has 1 atom stereocenters. The lowest BCUT2D eigenvalue weighted by Gasteiger charge is -2.10. The van der Waals surface area contributed by atoms with Crippen LogP contribution in [0.2, 0.25) is 0 Å². The third-order valence-electron chi connectivity index (χ3n) is 4.20. The molecule has 0 fully saturated rings. The Morgan fingerprint density at radius 1 is 1.11 bits per heavy atom. The monoisotopic (exact) mass is 397 g/mol. The van der Waals surface area contributed by atoms with E-state index < -0.39 is 0 Å². The normalized spacial score (nSPS) is 11.8. The Morgan fingerprint density at radius 3 is 2.46 bits per heavy atom. The molecular formula is C21H23N3O3S. The molecule has 2 aromatic carbocycles. The summed E-state index contributed by atoms with van der Waals surface area (Å²) in [6, 6.07) is 15.8. The zero-order valence-corrected chi connectivity index (χ0v) is 17.0. The van der Waals surface area contributed by atoms with E-state index in [9.17, 15) is 4.79 Å². The molecule has 0 aliphatic carbocycles. The van der Waals surface area contributed by atoms with Gasteiger partial charge in [0.25, 0.3) is 5.22 Å². The summed E-state index contributed by atoms with van der Waals surface area (Å²) in [7, 11) is 1.63. The summed E-state index contributed by atoms with van der Waals surface area (Å²) in [5, 5.41) is 11.1. The largest absolute Gasteiger partial charge is 0.497 e. The minimum atomic E-state index is -0.334. The van der Waals surface area contributed by atoms with E-state index in [-0.39, 0.29) is 11.2 Å². The van der Waals surface area contributed by atoms with E-state index in [0.29, 0.717) is 24.1 Å². The molecule has 1 N–H and O–H groups in total. The van der Waals surface area contributed by atoms with Crippen LogP contribution in [0.3, 0.4) is 0 Å². The van der Waals surface area contributed by atoms with E-state index in [0.717, 1.165) is 16.9 Å². The van der Waals surface area contributed by atoms with Gasteiger partial charge in [0.15, 0.2) is 0 Å². The summed E-state index contributed by atoms with van der Waals surface area (Å²) in [5.74, 6) is 1.25. The summed E-state index contributed by atoms with van der Waals surface area (Å²) in [5.41, 5.74) is 3.31.